The van der Waals surface area contributed by atoms with Crippen LogP contribution < -0.4 is 10.5 Å². The van der Waals surface area contributed by atoms with Gasteiger partial charge in [-0.2, -0.15) is 0 Å². The fraction of sp³-hybridized carbons (Fsp3) is 0.227. The highest BCUT2D eigenvalue weighted by Crippen LogP contribution is 2.22. The lowest BCUT2D eigenvalue weighted by molar-refractivity contribution is 0.0737. The van der Waals surface area contributed by atoms with Gasteiger partial charge in [-0.3, -0.25) is 14.0 Å². The van der Waals surface area contributed by atoms with Gasteiger partial charge in [0, 0.05) is 39.4 Å². The van der Waals surface area contributed by atoms with Gasteiger partial charge in [0.05, 0.1) is 11.1 Å². The molecule has 1 saturated heterocycles. The zero-order valence-electron chi connectivity index (χ0n) is 16.5. The fourth-order valence-corrected chi connectivity index (χ4v) is 4.05. The van der Waals surface area contributed by atoms with Gasteiger partial charge in [0.15, 0.2) is 0 Å². The van der Waals surface area contributed by atoms with Crippen molar-refractivity contribution in [2.45, 2.75) is 0 Å². The molecule has 0 aliphatic carbocycles. The Balaban J connectivity index is 1.44. The van der Waals surface area contributed by atoms with Crippen LogP contribution in [0.4, 0.5) is 10.1 Å². The van der Waals surface area contributed by atoms with Crippen LogP contribution in [0.3, 0.4) is 0 Å². The Hall–Kier alpha value is -3.68. The van der Waals surface area contributed by atoms with Crippen molar-refractivity contribution in [3.8, 4) is 0 Å². The number of hydrogen-bond donors (Lipinski definition) is 0. The highest BCUT2D eigenvalue weighted by atomic mass is 19.1. The lowest BCUT2D eigenvalue weighted by Gasteiger charge is -2.36. The Morgan fingerprint density at radius 3 is 2.53 bits per heavy atom. The van der Waals surface area contributed by atoms with Crippen LogP contribution in [0.15, 0.2) is 59.5 Å². The van der Waals surface area contributed by atoms with E-state index in [0.29, 0.717) is 54.2 Å². The molecule has 30 heavy (non-hydrogen) atoms. The number of aromatic nitrogens is 3. The third kappa shape index (κ3) is 2.83. The number of hydrogen-bond acceptors (Lipinski definition) is 4. The van der Waals surface area contributed by atoms with Crippen molar-refractivity contribution in [3.05, 3.63) is 76.6 Å². The van der Waals surface area contributed by atoms with Gasteiger partial charge in [0.25, 0.3) is 11.5 Å². The summed E-state index contributed by atoms with van der Waals surface area (Å²) >= 11 is 0. The average molecular weight is 405 g/mol. The SMILES string of the molecule is Cn1c(C(=O)N2CCN(c3ccccc3F)CC2)cc2c(=O)n3ccccc3nc21. The highest BCUT2D eigenvalue weighted by Gasteiger charge is 2.26. The van der Waals surface area contributed by atoms with E-state index < -0.39 is 0 Å². The van der Waals surface area contributed by atoms with Gasteiger partial charge in [-0.05, 0) is 30.3 Å². The lowest BCUT2D eigenvalue weighted by Crippen LogP contribution is -2.49. The summed E-state index contributed by atoms with van der Waals surface area (Å²) in [6, 6.07) is 13.6. The molecular formula is C22H20FN5O2. The molecule has 1 aromatic carbocycles. The molecule has 1 aliphatic rings. The van der Waals surface area contributed by atoms with Crippen molar-refractivity contribution in [2.75, 3.05) is 31.1 Å². The molecule has 1 amide bonds. The van der Waals surface area contributed by atoms with E-state index in [-0.39, 0.29) is 17.3 Å². The standard InChI is InChI=1S/C22H20FN5O2/c1-25-18(14-15-20(25)24-19-8-4-5-9-28(19)21(15)29)22(30)27-12-10-26(11-13-27)17-7-3-2-6-16(17)23/h2-9,14H,10-13H2,1H3. The van der Waals surface area contributed by atoms with Gasteiger partial charge >= 0.3 is 0 Å². The van der Waals surface area contributed by atoms with Crippen molar-refractivity contribution in [3.63, 3.8) is 0 Å². The number of aryl methyl sites for hydroxylation is 1. The molecule has 152 valence electrons. The maximum atomic E-state index is 14.1. The Morgan fingerprint density at radius 1 is 1.03 bits per heavy atom. The minimum Gasteiger partial charge on any atom is -0.366 e. The zero-order valence-corrected chi connectivity index (χ0v) is 16.5. The summed E-state index contributed by atoms with van der Waals surface area (Å²) in [7, 11) is 1.75. The molecule has 3 aromatic heterocycles. The van der Waals surface area contributed by atoms with E-state index in [1.54, 1.807) is 59.1 Å². The highest BCUT2D eigenvalue weighted by molar-refractivity contribution is 5.98. The average Bonchev–Trinajstić information content (AvgIpc) is 3.11. The summed E-state index contributed by atoms with van der Waals surface area (Å²) in [4.78, 5) is 34.2. The molecule has 0 saturated carbocycles. The number of benzene rings is 1. The molecule has 0 unspecified atom stereocenters. The predicted octanol–water partition coefficient (Wildman–Crippen LogP) is 2.29. The first-order chi connectivity index (χ1) is 14.5. The van der Waals surface area contributed by atoms with Crippen molar-refractivity contribution < 1.29 is 9.18 Å². The normalized spacial score (nSPS) is 14.6. The topological polar surface area (TPSA) is 62.9 Å². The van der Waals surface area contributed by atoms with Gasteiger partial charge in [-0.25, -0.2) is 9.37 Å². The number of piperazine rings is 1. The second-order valence-corrected chi connectivity index (χ2v) is 7.40. The summed E-state index contributed by atoms with van der Waals surface area (Å²) < 4.78 is 17.2. The molecule has 8 heteroatoms. The van der Waals surface area contributed by atoms with Gasteiger partial charge in [0.1, 0.15) is 22.8 Å². The molecule has 1 fully saturated rings. The monoisotopic (exact) mass is 405 g/mol. The van der Waals surface area contributed by atoms with E-state index in [2.05, 4.69) is 4.98 Å². The van der Waals surface area contributed by atoms with E-state index in [9.17, 15) is 14.0 Å². The van der Waals surface area contributed by atoms with Crippen LogP contribution in [0.5, 0.6) is 0 Å². The minimum atomic E-state index is -0.260. The molecule has 0 spiro atoms. The van der Waals surface area contributed by atoms with E-state index in [1.807, 2.05) is 11.0 Å². The van der Waals surface area contributed by atoms with Crippen molar-refractivity contribution >= 4 is 28.3 Å². The Morgan fingerprint density at radius 2 is 1.77 bits per heavy atom. The second kappa shape index (κ2) is 6.98. The molecule has 0 atom stereocenters. The van der Waals surface area contributed by atoms with Gasteiger partial charge in [0.2, 0.25) is 0 Å². The van der Waals surface area contributed by atoms with Gasteiger partial charge in [-0.1, -0.05) is 18.2 Å². The third-order valence-electron chi connectivity index (χ3n) is 5.69. The molecule has 0 bridgehead atoms. The predicted molar refractivity (Wildman–Crippen MR) is 112 cm³/mol. The van der Waals surface area contributed by atoms with E-state index >= 15 is 0 Å². The smallest absolute Gasteiger partial charge is 0.270 e. The Bertz CT molecular complexity index is 1330. The third-order valence-corrected chi connectivity index (χ3v) is 5.69. The molecular weight excluding hydrogens is 385 g/mol. The maximum absolute atomic E-state index is 14.1. The first-order valence-corrected chi connectivity index (χ1v) is 9.80. The van der Waals surface area contributed by atoms with E-state index in [0.717, 1.165) is 0 Å². The molecule has 0 N–H and O–H groups in total. The first-order valence-electron chi connectivity index (χ1n) is 9.80. The van der Waals surface area contributed by atoms with E-state index in [4.69, 9.17) is 0 Å². The summed E-state index contributed by atoms with van der Waals surface area (Å²) in [6.07, 6.45) is 1.67. The zero-order chi connectivity index (χ0) is 20.8. The molecule has 0 radical (unpaired) electrons. The molecule has 4 heterocycles. The van der Waals surface area contributed by atoms with Crippen molar-refractivity contribution in [2.24, 2.45) is 7.05 Å². The summed E-state index contributed by atoms with van der Waals surface area (Å²) in [5, 5.41) is 0.412. The van der Waals surface area contributed by atoms with E-state index in [1.165, 1.54) is 10.5 Å². The molecule has 1 aliphatic heterocycles. The number of halogens is 1. The minimum absolute atomic E-state index is 0.155. The van der Waals surface area contributed by atoms with Crippen LogP contribution in [0, 0.1) is 5.82 Å². The van der Waals surface area contributed by atoms with Crippen LogP contribution in [0.1, 0.15) is 10.5 Å². The summed E-state index contributed by atoms with van der Waals surface area (Å²) in [5.74, 6) is -0.415. The van der Waals surface area contributed by atoms with Crippen molar-refractivity contribution in [1.29, 1.82) is 0 Å². The van der Waals surface area contributed by atoms with Crippen molar-refractivity contribution in [1.82, 2.24) is 18.9 Å². The largest absolute Gasteiger partial charge is 0.366 e. The number of pyridine rings is 1. The van der Waals surface area contributed by atoms with Gasteiger partial charge < -0.3 is 14.4 Å². The van der Waals surface area contributed by atoms with Gasteiger partial charge in [-0.15, -0.1) is 0 Å². The molecule has 5 rings (SSSR count). The number of anilines is 1. The number of nitrogens with zero attached hydrogens (tertiary/aromatic N) is 5. The fourth-order valence-electron chi connectivity index (χ4n) is 4.05. The Kier molecular flexibility index (Phi) is 4.27. The summed E-state index contributed by atoms with van der Waals surface area (Å²) in [5.41, 5.74) is 1.80. The van der Waals surface area contributed by atoms with Crippen LogP contribution >= 0.6 is 0 Å². The number of carbonyl (C=O) groups is 1. The number of carbonyl (C=O) groups excluding carboxylic acids is 1. The lowest BCUT2D eigenvalue weighted by atomic mass is 10.2. The number of fused-ring (bicyclic) bond motifs is 2. The Labute approximate surface area is 171 Å². The first kappa shape index (κ1) is 18.4. The quantitative estimate of drug-likeness (QED) is 0.513. The van der Waals surface area contributed by atoms with Crippen LogP contribution in [-0.4, -0.2) is 50.9 Å². The number of rotatable bonds is 2. The number of amides is 1. The second-order valence-electron chi connectivity index (χ2n) is 7.40. The maximum Gasteiger partial charge on any atom is 0.270 e. The summed E-state index contributed by atoms with van der Waals surface area (Å²) in [6.45, 7) is 2.04. The van der Waals surface area contributed by atoms with Crippen LogP contribution in [0.2, 0.25) is 0 Å². The number of para-hydroxylation sites is 1. The molecule has 7 nitrogen and oxygen atoms in total. The van der Waals surface area contributed by atoms with Crippen LogP contribution in [-0.2, 0) is 7.05 Å². The molecule has 4 aromatic rings. The van der Waals surface area contributed by atoms with Crippen LogP contribution in [0.25, 0.3) is 16.7 Å².